The van der Waals surface area contributed by atoms with E-state index in [9.17, 15) is 5.21 Å². The highest BCUT2D eigenvalue weighted by atomic mass is 16.5. The van der Waals surface area contributed by atoms with Gasteiger partial charge in [0.15, 0.2) is 5.71 Å². The van der Waals surface area contributed by atoms with Crippen LogP contribution in [0.3, 0.4) is 0 Å². The Labute approximate surface area is 102 Å². The molecule has 1 saturated carbocycles. The van der Waals surface area contributed by atoms with Crippen LogP contribution in [0.15, 0.2) is 30.3 Å². The fourth-order valence-electron chi connectivity index (χ4n) is 3.04. The fraction of sp³-hybridized carbons (Fsp3) is 0.500. The van der Waals surface area contributed by atoms with Gasteiger partial charge in [0.1, 0.15) is 5.54 Å². The molecule has 90 valence electrons. The van der Waals surface area contributed by atoms with Gasteiger partial charge in [-0.05, 0) is 19.8 Å². The van der Waals surface area contributed by atoms with E-state index in [-0.39, 0.29) is 11.7 Å². The minimum Gasteiger partial charge on any atom is -0.307 e. The van der Waals surface area contributed by atoms with Crippen LogP contribution in [0.4, 0.5) is 0 Å². The van der Waals surface area contributed by atoms with Crippen molar-refractivity contribution in [3.05, 3.63) is 35.9 Å². The van der Waals surface area contributed by atoms with Gasteiger partial charge in [-0.2, -0.15) is 0 Å². The smallest absolute Gasteiger partial charge is 0.255 e. The van der Waals surface area contributed by atoms with Gasteiger partial charge in [-0.3, -0.25) is 0 Å². The molecule has 0 saturated heterocycles. The lowest BCUT2D eigenvalue weighted by atomic mass is 9.82. The number of nitrogens with one attached hydrogen (secondary N) is 1. The van der Waals surface area contributed by atoms with Crippen molar-refractivity contribution in [2.24, 2.45) is 0 Å². The second-order valence-corrected chi connectivity index (χ2v) is 5.26. The van der Waals surface area contributed by atoms with Gasteiger partial charge >= 0.3 is 0 Å². The van der Waals surface area contributed by atoms with Crippen LogP contribution in [0.5, 0.6) is 0 Å². The molecule has 1 aromatic carbocycles. The van der Waals surface area contributed by atoms with Crippen molar-refractivity contribution in [3.63, 3.8) is 0 Å². The first-order valence-corrected chi connectivity index (χ1v) is 6.38. The first-order chi connectivity index (χ1) is 8.22. The highest BCUT2D eigenvalue weighted by Crippen LogP contribution is 2.34. The van der Waals surface area contributed by atoms with E-state index in [1.165, 1.54) is 23.6 Å². The molecule has 3 rings (SSSR count). The summed E-state index contributed by atoms with van der Waals surface area (Å²) in [6, 6.07) is 10.1. The Kier molecular flexibility index (Phi) is 2.53. The zero-order valence-corrected chi connectivity index (χ0v) is 10.2. The van der Waals surface area contributed by atoms with E-state index in [1.54, 1.807) is 0 Å². The number of hydroxylamine groups is 2. The van der Waals surface area contributed by atoms with Gasteiger partial charge in [0.2, 0.25) is 0 Å². The maximum atomic E-state index is 10.4. The van der Waals surface area contributed by atoms with Crippen molar-refractivity contribution in [1.82, 2.24) is 5.06 Å². The third-order valence-corrected chi connectivity index (χ3v) is 4.17. The Bertz CT molecular complexity index is 443. The summed E-state index contributed by atoms with van der Waals surface area (Å²) in [6.07, 6.45) is 4.45. The highest BCUT2D eigenvalue weighted by Gasteiger charge is 2.52. The normalized spacial score (nSPS) is 33.3. The second kappa shape index (κ2) is 3.93. The lowest BCUT2D eigenvalue weighted by Gasteiger charge is -2.32. The molecule has 2 N–H and O–H groups in total. The molecule has 1 heterocycles. The molecular weight excluding hydrogens is 212 g/mol. The molecule has 17 heavy (non-hydrogen) atoms. The van der Waals surface area contributed by atoms with E-state index in [4.69, 9.17) is 0 Å². The Morgan fingerprint density at radius 3 is 2.76 bits per heavy atom. The van der Waals surface area contributed by atoms with Gasteiger partial charge in [-0.15, -0.1) is 5.06 Å². The first-order valence-electron chi connectivity index (χ1n) is 6.38. The van der Waals surface area contributed by atoms with E-state index in [0.717, 1.165) is 18.4 Å². The molecule has 3 heteroatoms. The summed E-state index contributed by atoms with van der Waals surface area (Å²) in [6.45, 7) is 2.14. The topological polar surface area (TPSA) is 37.4 Å². The molecule has 0 aromatic heterocycles. The van der Waals surface area contributed by atoms with Crippen LogP contribution in [-0.4, -0.2) is 21.5 Å². The monoisotopic (exact) mass is 231 g/mol. The largest absolute Gasteiger partial charge is 0.307 e. The summed E-state index contributed by atoms with van der Waals surface area (Å²) in [5, 5.41) is 12.0. The van der Waals surface area contributed by atoms with Gasteiger partial charge in [-0.1, -0.05) is 36.8 Å². The predicted molar refractivity (Wildman–Crippen MR) is 65.7 cm³/mol. The second-order valence-electron chi connectivity index (χ2n) is 5.26. The highest BCUT2D eigenvalue weighted by molar-refractivity contribution is 5.89. The van der Waals surface area contributed by atoms with Crippen molar-refractivity contribution in [1.29, 1.82) is 0 Å². The molecule has 2 aliphatic rings. The fourth-order valence-corrected chi connectivity index (χ4v) is 3.04. The molecule has 1 aliphatic carbocycles. The molecule has 1 aromatic rings. The molecule has 0 spiro atoms. The number of hydrogen-bond donors (Lipinski definition) is 2. The van der Waals surface area contributed by atoms with Crippen molar-refractivity contribution in [3.8, 4) is 0 Å². The minimum atomic E-state index is -0.182. The van der Waals surface area contributed by atoms with Gasteiger partial charge in [0.25, 0.3) is 6.17 Å². The molecule has 1 fully saturated rings. The average molecular weight is 231 g/mol. The summed E-state index contributed by atoms with van der Waals surface area (Å²) < 4.78 is 0. The quantitative estimate of drug-likeness (QED) is 0.763. The van der Waals surface area contributed by atoms with E-state index in [2.05, 4.69) is 24.0 Å². The zero-order chi connectivity index (χ0) is 11.9. The maximum Gasteiger partial charge on any atom is 0.255 e. The van der Waals surface area contributed by atoms with E-state index in [0.29, 0.717) is 0 Å². The summed E-state index contributed by atoms with van der Waals surface area (Å²) in [5.74, 6) is 0. The Hall–Kier alpha value is -1.19. The summed E-state index contributed by atoms with van der Waals surface area (Å²) >= 11 is 0. The van der Waals surface area contributed by atoms with Gasteiger partial charge in [-0.25, -0.2) is 4.99 Å². The molecular formula is C14H19N2O+. The maximum absolute atomic E-state index is 10.4. The molecule has 2 atom stereocenters. The van der Waals surface area contributed by atoms with Gasteiger partial charge < -0.3 is 5.21 Å². The zero-order valence-electron chi connectivity index (χ0n) is 10.2. The third kappa shape index (κ3) is 1.61. The third-order valence-electron chi connectivity index (χ3n) is 4.17. The van der Waals surface area contributed by atoms with Crippen LogP contribution < -0.4 is 4.99 Å². The molecule has 0 radical (unpaired) electrons. The van der Waals surface area contributed by atoms with Crippen LogP contribution in [-0.2, 0) is 0 Å². The number of hydrogen-bond acceptors (Lipinski definition) is 2. The lowest BCUT2D eigenvalue weighted by Crippen LogP contribution is -2.73. The predicted octanol–water partition coefficient (Wildman–Crippen LogP) is 1.24. The molecule has 0 amide bonds. The van der Waals surface area contributed by atoms with E-state index in [1.807, 2.05) is 18.2 Å². The van der Waals surface area contributed by atoms with Crippen molar-refractivity contribution < 1.29 is 10.2 Å². The first kappa shape index (κ1) is 10.9. The summed E-state index contributed by atoms with van der Waals surface area (Å²) in [5.41, 5.74) is 2.23. The van der Waals surface area contributed by atoms with Crippen LogP contribution in [0.25, 0.3) is 0 Å². The van der Waals surface area contributed by atoms with Crippen LogP contribution in [0.2, 0.25) is 0 Å². The van der Waals surface area contributed by atoms with Crippen molar-refractivity contribution in [2.75, 3.05) is 0 Å². The minimum absolute atomic E-state index is 0.0886. The average Bonchev–Trinajstić information content (AvgIpc) is 2.64. The number of rotatable bonds is 1. The van der Waals surface area contributed by atoms with Crippen molar-refractivity contribution in [2.45, 2.75) is 44.3 Å². The molecule has 1 aliphatic heterocycles. The number of benzene rings is 1. The van der Waals surface area contributed by atoms with Crippen LogP contribution in [0, 0.1) is 0 Å². The van der Waals surface area contributed by atoms with Gasteiger partial charge in [0, 0.05) is 12.0 Å². The Balaban J connectivity index is 1.97. The Morgan fingerprint density at radius 1 is 1.29 bits per heavy atom. The number of fused-ring (bicyclic) bond motifs is 1. The van der Waals surface area contributed by atoms with Crippen LogP contribution >= 0.6 is 0 Å². The summed E-state index contributed by atoms with van der Waals surface area (Å²) in [7, 11) is 0. The van der Waals surface area contributed by atoms with Crippen LogP contribution in [0.1, 0.15) is 44.3 Å². The van der Waals surface area contributed by atoms with E-state index >= 15 is 0 Å². The van der Waals surface area contributed by atoms with E-state index < -0.39 is 0 Å². The molecule has 3 nitrogen and oxygen atoms in total. The molecule has 0 unspecified atom stereocenters. The standard InChI is InChI=1S/C14H18N2O/c1-14-10-6-5-9-12(14)15-13(16(14)17)11-7-3-2-4-8-11/h2-4,7-8,13,17H,5-6,9-10H2,1H3/p+1/t13-,14-/m1/s1. The number of nitrogens with zero attached hydrogens (tertiary/aromatic N) is 1. The Morgan fingerprint density at radius 2 is 2.06 bits per heavy atom. The summed E-state index contributed by atoms with van der Waals surface area (Å²) in [4.78, 5) is 3.49. The lowest BCUT2D eigenvalue weighted by molar-refractivity contribution is -0.549. The SMILES string of the molecule is C[C@@]12CCCCC1=[NH+][C@@H](c1ccccc1)N2O. The van der Waals surface area contributed by atoms with Crippen molar-refractivity contribution >= 4 is 5.71 Å². The molecule has 0 bridgehead atoms. The van der Waals surface area contributed by atoms with Gasteiger partial charge in [0.05, 0.1) is 0 Å².